The maximum absolute atomic E-state index is 13.4. The number of nitrogens with zero attached hydrogens (tertiary/aromatic N) is 2. The summed E-state index contributed by atoms with van der Waals surface area (Å²) in [5, 5.41) is 13.3. The number of anilines is 1. The molecule has 2 heterocycles. The molecule has 0 radical (unpaired) electrons. The second-order valence-corrected chi connectivity index (χ2v) is 8.54. The van der Waals surface area contributed by atoms with Crippen LogP contribution in [0.3, 0.4) is 0 Å². The Balaban J connectivity index is 1.23. The first-order chi connectivity index (χ1) is 14.8. The Hall–Kier alpha value is -3.13. The van der Waals surface area contributed by atoms with Crippen molar-refractivity contribution in [3.8, 4) is 5.75 Å². The second-order valence-electron chi connectivity index (χ2n) is 8.54. The van der Waals surface area contributed by atoms with E-state index in [1.54, 1.807) is 28.0 Å². The molecule has 0 bridgehead atoms. The summed E-state index contributed by atoms with van der Waals surface area (Å²) in [6.07, 6.45) is 0.596. The first kappa shape index (κ1) is 19.8. The predicted molar refractivity (Wildman–Crippen MR) is 111 cm³/mol. The van der Waals surface area contributed by atoms with E-state index in [9.17, 15) is 19.1 Å². The minimum atomic E-state index is -1.18. The lowest BCUT2D eigenvalue weighted by molar-refractivity contribution is -0.144. The molecule has 1 unspecified atom stereocenters. The maximum atomic E-state index is 13.4. The molecule has 7 nitrogen and oxygen atoms in total. The fourth-order valence-corrected chi connectivity index (χ4v) is 4.20. The molecule has 1 saturated heterocycles. The summed E-state index contributed by atoms with van der Waals surface area (Å²) >= 11 is 0. The third kappa shape index (κ3) is 3.61. The summed E-state index contributed by atoms with van der Waals surface area (Å²) in [6, 6.07) is 11.4. The molecular weight excluding hydrogens is 401 g/mol. The van der Waals surface area contributed by atoms with E-state index in [1.807, 2.05) is 19.1 Å². The van der Waals surface area contributed by atoms with Crippen molar-refractivity contribution in [2.45, 2.75) is 37.6 Å². The quantitative estimate of drug-likeness (QED) is 0.790. The molecule has 2 aromatic rings. The number of nitrogens with one attached hydrogen (secondary N) is 1. The van der Waals surface area contributed by atoms with Gasteiger partial charge in [0.05, 0.1) is 5.69 Å². The molecule has 1 aliphatic carbocycles. The van der Waals surface area contributed by atoms with Crippen LogP contribution in [0.15, 0.2) is 42.5 Å². The summed E-state index contributed by atoms with van der Waals surface area (Å²) in [4.78, 5) is 28.8. The summed E-state index contributed by atoms with van der Waals surface area (Å²) < 4.78 is 19.2. The van der Waals surface area contributed by atoms with Crippen molar-refractivity contribution in [2.24, 2.45) is 0 Å². The van der Waals surface area contributed by atoms with Gasteiger partial charge < -0.3 is 25.0 Å². The molecule has 2 atom stereocenters. The van der Waals surface area contributed by atoms with Gasteiger partial charge in [-0.3, -0.25) is 9.59 Å². The zero-order chi connectivity index (χ0) is 21.8. The van der Waals surface area contributed by atoms with Gasteiger partial charge in [0.25, 0.3) is 11.8 Å². The van der Waals surface area contributed by atoms with Crippen LogP contribution in [0.1, 0.15) is 41.9 Å². The van der Waals surface area contributed by atoms with Crippen molar-refractivity contribution < 1.29 is 23.8 Å². The van der Waals surface area contributed by atoms with E-state index in [4.69, 9.17) is 4.74 Å². The fraction of sp³-hybridized carbons (Fsp3) is 0.391. The van der Waals surface area contributed by atoms with Crippen molar-refractivity contribution in [1.82, 2.24) is 9.80 Å². The van der Waals surface area contributed by atoms with E-state index in [0.717, 1.165) is 11.3 Å². The van der Waals surface area contributed by atoms with E-state index in [-0.39, 0.29) is 23.7 Å². The average molecular weight is 425 g/mol. The SMILES string of the molecule is C[C@@H]1CN(C(=O)C2(O)CC2)CCN1C(=O)c1ccc(C2Nc3ccc(F)cc3O2)cc1. The van der Waals surface area contributed by atoms with Crippen LogP contribution in [-0.2, 0) is 4.79 Å². The Labute approximate surface area is 179 Å². The normalized spacial score (nSPS) is 23.6. The number of carbonyl (C=O) groups excluding carboxylic acids is 2. The second kappa shape index (κ2) is 7.23. The van der Waals surface area contributed by atoms with Crippen molar-refractivity contribution in [2.75, 3.05) is 25.0 Å². The molecule has 2 fully saturated rings. The van der Waals surface area contributed by atoms with Crippen molar-refractivity contribution in [3.63, 3.8) is 0 Å². The van der Waals surface area contributed by atoms with Crippen LogP contribution in [0.5, 0.6) is 5.75 Å². The van der Waals surface area contributed by atoms with Crippen LogP contribution in [0.2, 0.25) is 0 Å². The predicted octanol–water partition coefficient (Wildman–Crippen LogP) is 2.53. The van der Waals surface area contributed by atoms with Crippen molar-refractivity contribution in [1.29, 1.82) is 0 Å². The van der Waals surface area contributed by atoms with Crippen molar-refractivity contribution >= 4 is 17.5 Å². The summed E-state index contributed by atoms with van der Waals surface area (Å²) in [5.74, 6) is -0.214. The summed E-state index contributed by atoms with van der Waals surface area (Å²) in [6.45, 7) is 3.18. The molecule has 2 aliphatic heterocycles. The average Bonchev–Trinajstić information content (AvgIpc) is 3.38. The zero-order valence-corrected chi connectivity index (χ0v) is 17.2. The highest BCUT2D eigenvalue weighted by Gasteiger charge is 2.51. The fourth-order valence-electron chi connectivity index (χ4n) is 4.20. The molecule has 2 N–H and O–H groups in total. The molecule has 0 aromatic heterocycles. The molecule has 3 aliphatic rings. The van der Waals surface area contributed by atoms with Gasteiger partial charge in [-0.25, -0.2) is 4.39 Å². The van der Waals surface area contributed by atoms with Crippen LogP contribution in [-0.4, -0.2) is 58.0 Å². The van der Waals surface area contributed by atoms with Gasteiger partial charge in [0.1, 0.15) is 17.2 Å². The number of rotatable bonds is 3. The number of ether oxygens (including phenoxy) is 1. The maximum Gasteiger partial charge on any atom is 0.254 e. The molecule has 8 heteroatoms. The van der Waals surface area contributed by atoms with Gasteiger partial charge in [0, 0.05) is 42.9 Å². The van der Waals surface area contributed by atoms with E-state index in [1.165, 1.54) is 12.1 Å². The number of aliphatic hydroxyl groups is 1. The third-order valence-corrected chi connectivity index (χ3v) is 6.23. The van der Waals surface area contributed by atoms with E-state index >= 15 is 0 Å². The summed E-state index contributed by atoms with van der Waals surface area (Å²) in [5.41, 5.74) is 0.930. The monoisotopic (exact) mass is 425 g/mol. The van der Waals surface area contributed by atoms with Crippen LogP contribution >= 0.6 is 0 Å². The molecule has 31 heavy (non-hydrogen) atoms. The smallest absolute Gasteiger partial charge is 0.254 e. The standard InChI is InChI=1S/C23H24FN3O4/c1-14-13-26(22(29)23(30)8-9-23)10-11-27(14)21(28)16-4-2-15(3-5-16)20-25-18-7-6-17(24)12-19(18)31-20/h2-7,12,14,20,25,30H,8-11,13H2,1H3/t14-,20?/m1/s1. The number of piperazine rings is 1. The van der Waals surface area contributed by atoms with Gasteiger partial charge in [-0.05, 0) is 44.0 Å². The molecule has 162 valence electrons. The largest absolute Gasteiger partial charge is 0.464 e. The highest BCUT2D eigenvalue weighted by molar-refractivity contribution is 5.95. The van der Waals surface area contributed by atoms with E-state index in [2.05, 4.69) is 5.32 Å². The molecular formula is C23H24FN3O4. The minimum absolute atomic E-state index is 0.0954. The van der Waals surface area contributed by atoms with Crippen LogP contribution in [0.4, 0.5) is 10.1 Å². The Kier molecular flexibility index (Phi) is 4.62. The molecule has 0 spiro atoms. The Bertz CT molecular complexity index is 1040. The Morgan fingerprint density at radius 1 is 1.16 bits per heavy atom. The number of amides is 2. The lowest BCUT2D eigenvalue weighted by atomic mass is 10.1. The van der Waals surface area contributed by atoms with Gasteiger partial charge in [-0.1, -0.05) is 12.1 Å². The lowest BCUT2D eigenvalue weighted by Crippen LogP contribution is -2.57. The minimum Gasteiger partial charge on any atom is -0.464 e. The molecule has 5 rings (SSSR count). The topological polar surface area (TPSA) is 82.1 Å². The van der Waals surface area contributed by atoms with E-state index < -0.39 is 11.8 Å². The number of halogens is 1. The number of hydrogen-bond donors (Lipinski definition) is 2. The van der Waals surface area contributed by atoms with Crippen molar-refractivity contribution in [3.05, 3.63) is 59.4 Å². The number of benzene rings is 2. The highest BCUT2D eigenvalue weighted by Crippen LogP contribution is 2.39. The number of carbonyl (C=O) groups is 2. The molecule has 1 saturated carbocycles. The highest BCUT2D eigenvalue weighted by atomic mass is 19.1. The van der Waals surface area contributed by atoms with Crippen LogP contribution < -0.4 is 10.1 Å². The Morgan fingerprint density at radius 3 is 2.58 bits per heavy atom. The first-order valence-electron chi connectivity index (χ1n) is 10.5. The zero-order valence-electron chi connectivity index (χ0n) is 17.2. The molecule has 2 amide bonds. The Morgan fingerprint density at radius 2 is 1.90 bits per heavy atom. The number of fused-ring (bicyclic) bond motifs is 1. The van der Waals surface area contributed by atoms with Gasteiger partial charge in [-0.15, -0.1) is 0 Å². The van der Waals surface area contributed by atoms with Gasteiger partial charge in [-0.2, -0.15) is 0 Å². The van der Waals surface area contributed by atoms with Crippen LogP contribution in [0, 0.1) is 5.82 Å². The molecule has 2 aromatic carbocycles. The van der Waals surface area contributed by atoms with Gasteiger partial charge >= 0.3 is 0 Å². The van der Waals surface area contributed by atoms with Crippen LogP contribution in [0.25, 0.3) is 0 Å². The number of hydrogen-bond acceptors (Lipinski definition) is 5. The lowest BCUT2D eigenvalue weighted by Gasteiger charge is -2.40. The van der Waals surface area contributed by atoms with Gasteiger partial charge in [0.15, 0.2) is 6.23 Å². The third-order valence-electron chi connectivity index (χ3n) is 6.23. The van der Waals surface area contributed by atoms with E-state index in [0.29, 0.717) is 43.8 Å². The first-order valence-corrected chi connectivity index (χ1v) is 10.5. The summed E-state index contributed by atoms with van der Waals surface area (Å²) in [7, 11) is 0. The van der Waals surface area contributed by atoms with Gasteiger partial charge in [0.2, 0.25) is 0 Å².